The number of amides is 1. The maximum Gasteiger partial charge on any atom is 0.230 e. The molecule has 1 fully saturated rings. The van der Waals surface area contributed by atoms with Crippen LogP contribution in [0.5, 0.6) is 0 Å². The summed E-state index contributed by atoms with van der Waals surface area (Å²) in [4.78, 5) is 13.2. The topological polar surface area (TPSA) is 49.3 Å². The number of nitrogens with one attached hydrogen (secondary N) is 1. The minimum Gasteiger partial charge on any atom is -0.392 e. The molecule has 2 rings (SSSR count). The van der Waals surface area contributed by atoms with Crippen LogP contribution in [0.1, 0.15) is 31.4 Å². The second kappa shape index (κ2) is 6.31. The average molecular weight is 372 g/mol. The number of carbonyl (C=O) groups excluding carboxylic acids is 1. The zero-order chi connectivity index (χ0) is 15.8. The summed E-state index contributed by atoms with van der Waals surface area (Å²) in [5, 5.41) is 12.7. The Labute approximate surface area is 139 Å². The lowest BCUT2D eigenvalue weighted by Crippen LogP contribution is -2.61. The molecule has 1 aliphatic rings. The quantitative estimate of drug-likeness (QED) is 0.797. The molecule has 0 heterocycles. The lowest BCUT2D eigenvalue weighted by Gasteiger charge is -2.49. The molecule has 2 unspecified atom stereocenters. The Bertz CT molecular complexity index is 559. The molecule has 21 heavy (non-hydrogen) atoms. The Balaban J connectivity index is 1.89. The van der Waals surface area contributed by atoms with Crippen LogP contribution in [0.15, 0.2) is 21.5 Å². The van der Waals surface area contributed by atoms with E-state index < -0.39 is 0 Å². The number of aliphatic hydroxyl groups excluding tert-OH is 1. The van der Waals surface area contributed by atoms with Gasteiger partial charge in [-0.15, -0.1) is 11.8 Å². The zero-order valence-electron chi connectivity index (χ0n) is 12.9. The third-order valence-corrected chi connectivity index (χ3v) is 6.38. The molecule has 2 atom stereocenters. The van der Waals surface area contributed by atoms with Crippen molar-refractivity contribution < 1.29 is 9.90 Å². The number of rotatable bonds is 4. The highest BCUT2D eigenvalue weighted by molar-refractivity contribution is 9.10. The van der Waals surface area contributed by atoms with Crippen molar-refractivity contribution in [1.29, 1.82) is 0 Å². The molecule has 5 heteroatoms. The second-order valence-electron chi connectivity index (χ2n) is 6.35. The van der Waals surface area contributed by atoms with E-state index in [4.69, 9.17) is 0 Å². The summed E-state index contributed by atoms with van der Waals surface area (Å²) in [6.07, 6.45) is 0.339. The number of hydrogen-bond acceptors (Lipinski definition) is 3. The summed E-state index contributed by atoms with van der Waals surface area (Å²) in [6, 6.07) is 4.27. The third-order valence-electron chi connectivity index (χ3n) is 4.37. The number of benzene rings is 1. The molecule has 1 aliphatic carbocycles. The number of thioether (sulfide) groups is 1. The third kappa shape index (κ3) is 3.63. The van der Waals surface area contributed by atoms with Crippen molar-refractivity contribution >= 4 is 33.6 Å². The molecule has 0 bridgehead atoms. The molecule has 1 aromatic rings. The molecule has 0 radical (unpaired) electrons. The van der Waals surface area contributed by atoms with Crippen LogP contribution in [0.2, 0.25) is 0 Å². The van der Waals surface area contributed by atoms with E-state index in [0.29, 0.717) is 12.2 Å². The van der Waals surface area contributed by atoms with Gasteiger partial charge in [0.2, 0.25) is 5.91 Å². The lowest BCUT2D eigenvalue weighted by molar-refractivity contribution is -0.126. The van der Waals surface area contributed by atoms with Crippen LogP contribution in [0.25, 0.3) is 0 Å². The highest BCUT2D eigenvalue weighted by atomic mass is 79.9. The maximum absolute atomic E-state index is 12.1. The van der Waals surface area contributed by atoms with Crippen molar-refractivity contribution in [1.82, 2.24) is 5.32 Å². The minimum atomic E-state index is -0.313. The van der Waals surface area contributed by atoms with Gasteiger partial charge >= 0.3 is 0 Å². The van der Waals surface area contributed by atoms with Gasteiger partial charge in [0.1, 0.15) is 0 Å². The van der Waals surface area contributed by atoms with Crippen LogP contribution in [-0.4, -0.2) is 28.9 Å². The van der Waals surface area contributed by atoms with E-state index in [-0.39, 0.29) is 23.5 Å². The Kier molecular flexibility index (Phi) is 5.06. The Morgan fingerprint density at radius 1 is 1.43 bits per heavy atom. The molecule has 0 aromatic heterocycles. The minimum absolute atomic E-state index is 0.0324. The van der Waals surface area contributed by atoms with E-state index in [1.54, 1.807) is 11.8 Å². The van der Waals surface area contributed by atoms with Crippen LogP contribution < -0.4 is 5.32 Å². The molecule has 0 aliphatic heterocycles. The highest BCUT2D eigenvalue weighted by Gasteiger charge is 2.47. The van der Waals surface area contributed by atoms with Gasteiger partial charge in [-0.05, 0) is 43.5 Å². The summed E-state index contributed by atoms with van der Waals surface area (Å²) in [5.41, 5.74) is 2.13. The Morgan fingerprint density at radius 3 is 2.67 bits per heavy atom. The van der Waals surface area contributed by atoms with Crippen LogP contribution in [0.4, 0.5) is 0 Å². The summed E-state index contributed by atoms with van der Waals surface area (Å²) >= 11 is 5.08. The van der Waals surface area contributed by atoms with Gasteiger partial charge in [-0.1, -0.05) is 29.8 Å². The first-order valence-electron chi connectivity index (χ1n) is 7.08. The predicted molar refractivity (Wildman–Crippen MR) is 90.7 cm³/mol. The van der Waals surface area contributed by atoms with Crippen LogP contribution in [-0.2, 0) is 4.79 Å². The molecule has 1 aromatic carbocycles. The van der Waals surface area contributed by atoms with E-state index in [0.717, 1.165) is 9.37 Å². The van der Waals surface area contributed by atoms with Gasteiger partial charge in [-0.3, -0.25) is 4.79 Å². The van der Waals surface area contributed by atoms with E-state index >= 15 is 0 Å². The van der Waals surface area contributed by atoms with Crippen molar-refractivity contribution in [2.45, 2.75) is 51.2 Å². The van der Waals surface area contributed by atoms with E-state index in [2.05, 4.69) is 40.3 Å². The molecular weight excluding hydrogens is 350 g/mol. The summed E-state index contributed by atoms with van der Waals surface area (Å²) in [7, 11) is 0. The molecular formula is C16H22BrNO2S. The molecule has 0 spiro atoms. The molecule has 3 nitrogen and oxygen atoms in total. The molecule has 0 saturated heterocycles. The number of aryl methyl sites for hydroxylation is 2. The van der Waals surface area contributed by atoms with Crippen LogP contribution >= 0.6 is 27.7 Å². The predicted octanol–water partition coefficient (Wildman–Crippen LogP) is 3.43. The van der Waals surface area contributed by atoms with Gasteiger partial charge < -0.3 is 10.4 Å². The molecule has 1 saturated carbocycles. The monoisotopic (exact) mass is 371 g/mol. The van der Waals surface area contributed by atoms with Gasteiger partial charge in [-0.25, -0.2) is 0 Å². The van der Waals surface area contributed by atoms with Crippen molar-refractivity contribution in [3.8, 4) is 0 Å². The Hall–Kier alpha value is -0.520. The first kappa shape index (κ1) is 16.8. The average Bonchev–Trinajstić information content (AvgIpc) is 2.41. The number of hydrogen-bond donors (Lipinski definition) is 2. The number of carbonyl (C=O) groups is 1. The lowest BCUT2D eigenvalue weighted by atomic mass is 9.64. The first-order chi connectivity index (χ1) is 9.71. The SMILES string of the molecule is Cc1cc(SCC(=O)NC2CC(O)C2(C)C)c(C)cc1Br. The van der Waals surface area contributed by atoms with Crippen LogP contribution in [0, 0.1) is 19.3 Å². The van der Waals surface area contributed by atoms with E-state index in [1.165, 1.54) is 11.1 Å². The standard InChI is InChI=1S/C16H22BrNO2S/c1-9-6-12(10(2)5-11(9)17)21-8-15(20)18-13-7-14(19)16(13,3)4/h5-6,13-14,19H,7-8H2,1-4H3,(H,18,20). The highest BCUT2D eigenvalue weighted by Crippen LogP contribution is 2.40. The first-order valence-corrected chi connectivity index (χ1v) is 8.86. The fourth-order valence-corrected chi connectivity index (χ4v) is 3.81. The van der Waals surface area contributed by atoms with E-state index in [1.807, 2.05) is 20.8 Å². The maximum atomic E-state index is 12.1. The van der Waals surface area contributed by atoms with Gasteiger partial charge in [-0.2, -0.15) is 0 Å². The van der Waals surface area contributed by atoms with Crippen molar-refractivity contribution in [2.75, 3.05) is 5.75 Å². The normalized spacial score (nSPS) is 23.5. The summed E-state index contributed by atoms with van der Waals surface area (Å²) in [5.74, 6) is 0.440. The summed E-state index contributed by atoms with van der Waals surface area (Å²) in [6.45, 7) is 8.07. The van der Waals surface area contributed by atoms with Crippen molar-refractivity contribution in [3.63, 3.8) is 0 Å². The summed E-state index contributed by atoms with van der Waals surface area (Å²) < 4.78 is 1.10. The number of aliphatic hydroxyl groups is 1. The van der Waals surface area contributed by atoms with Gasteiger partial charge in [0.15, 0.2) is 0 Å². The smallest absolute Gasteiger partial charge is 0.230 e. The van der Waals surface area contributed by atoms with Crippen molar-refractivity contribution in [2.24, 2.45) is 5.41 Å². The van der Waals surface area contributed by atoms with E-state index in [9.17, 15) is 9.90 Å². The van der Waals surface area contributed by atoms with Gasteiger partial charge in [0.25, 0.3) is 0 Å². The van der Waals surface area contributed by atoms with Crippen molar-refractivity contribution in [3.05, 3.63) is 27.7 Å². The molecule has 2 N–H and O–H groups in total. The Morgan fingerprint density at radius 2 is 2.10 bits per heavy atom. The fourth-order valence-electron chi connectivity index (χ4n) is 2.44. The van der Waals surface area contributed by atoms with Crippen LogP contribution in [0.3, 0.4) is 0 Å². The molecule has 1 amide bonds. The number of halogens is 1. The second-order valence-corrected chi connectivity index (χ2v) is 8.22. The van der Waals surface area contributed by atoms with Gasteiger partial charge in [0.05, 0.1) is 11.9 Å². The zero-order valence-corrected chi connectivity index (χ0v) is 15.3. The largest absolute Gasteiger partial charge is 0.392 e. The molecule has 116 valence electrons. The fraction of sp³-hybridized carbons (Fsp3) is 0.562. The van der Waals surface area contributed by atoms with Gasteiger partial charge in [0, 0.05) is 20.8 Å².